The number of para-hydroxylation sites is 1. The highest BCUT2D eigenvalue weighted by molar-refractivity contribution is 5.92. The van der Waals surface area contributed by atoms with E-state index in [1.165, 1.54) is 0 Å². The first-order valence-corrected chi connectivity index (χ1v) is 9.03. The second-order valence-corrected chi connectivity index (χ2v) is 6.70. The third-order valence-electron chi connectivity index (χ3n) is 4.81. The number of likely N-dealkylation sites (tertiary alicyclic amines) is 1. The maximum atomic E-state index is 12.6. The fraction of sp³-hybridized carbons (Fsp3) is 0.286. The molecular weight excluding hydrogens is 324 g/mol. The van der Waals surface area contributed by atoms with Gasteiger partial charge in [0.15, 0.2) is 5.82 Å². The third kappa shape index (κ3) is 3.25. The molecule has 1 aromatic heterocycles. The molecule has 26 heavy (non-hydrogen) atoms. The van der Waals surface area contributed by atoms with Gasteiger partial charge in [-0.25, -0.2) is 9.97 Å². The number of anilines is 1. The number of fused-ring (bicyclic) bond motifs is 1. The Morgan fingerprint density at radius 2 is 1.69 bits per heavy atom. The zero-order valence-electron chi connectivity index (χ0n) is 14.9. The van der Waals surface area contributed by atoms with Crippen molar-refractivity contribution < 1.29 is 4.79 Å². The molecule has 2 heterocycles. The van der Waals surface area contributed by atoms with Crippen molar-refractivity contribution in [2.24, 2.45) is 0 Å². The molecule has 3 aromatic rings. The largest absolute Gasteiger partial charge is 0.350 e. The van der Waals surface area contributed by atoms with Crippen LogP contribution < -0.4 is 4.90 Å². The molecule has 2 aromatic carbocycles. The molecular formula is C21H22N4O. The molecule has 0 spiro atoms. The van der Waals surface area contributed by atoms with Gasteiger partial charge in [-0.2, -0.15) is 0 Å². The van der Waals surface area contributed by atoms with Crippen LogP contribution in [0.25, 0.3) is 22.3 Å². The Bertz CT molecular complexity index is 920. The van der Waals surface area contributed by atoms with E-state index in [-0.39, 0.29) is 5.91 Å². The van der Waals surface area contributed by atoms with E-state index in [9.17, 15) is 4.79 Å². The van der Waals surface area contributed by atoms with E-state index in [0.717, 1.165) is 48.2 Å². The minimum absolute atomic E-state index is 0.161. The van der Waals surface area contributed by atoms with Gasteiger partial charge < -0.3 is 9.80 Å². The van der Waals surface area contributed by atoms with Crippen LogP contribution in [0.15, 0.2) is 54.6 Å². The van der Waals surface area contributed by atoms with Crippen LogP contribution in [0.4, 0.5) is 5.82 Å². The van der Waals surface area contributed by atoms with Crippen molar-refractivity contribution in [2.45, 2.75) is 12.8 Å². The van der Waals surface area contributed by atoms with Crippen LogP contribution >= 0.6 is 0 Å². The van der Waals surface area contributed by atoms with Crippen LogP contribution in [-0.2, 0) is 4.79 Å². The van der Waals surface area contributed by atoms with Crippen LogP contribution in [-0.4, -0.2) is 47.5 Å². The highest BCUT2D eigenvalue weighted by Gasteiger charge is 2.21. The number of aromatic nitrogens is 2. The summed E-state index contributed by atoms with van der Waals surface area (Å²) in [5.74, 6) is 1.63. The number of carbonyl (C=O) groups excluding carboxylic acids is 1. The molecule has 132 valence electrons. The van der Waals surface area contributed by atoms with Crippen LogP contribution in [0.3, 0.4) is 0 Å². The Morgan fingerprint density at radius 3 is 2.46 bits per heavy atom. The molecule has 0 unspecified atom stereocenters. The van der Waals surface area contributed by atoms with E-state index in [0.29, 0.717) is 12.4 Å². The van der Waals surface area contributed by atoms with E-state index in [2.05, 4.69) is 0 Å². The smallest absolute Gasteiger partial charge is 0.242 e. The van der Waals surface area contributed by atoms with E-state index >= 15 is 0 Å². The fourth-order valence-electron chi connectivity index (χ4n) is 3.41. The van der Waals surface area contributed by atoms with Gasteiger partial charge in [-0.05, 0) is 25.0 Å². The molecule has 0 aliphatic carbocycles. The predicted molar refractivity (Wildman–Crippen MR) is 104 cm³/mol. The van der Waals surface area contributed by atoms with Gasteiger partial charge in [0, 0.05) is 31.1 Å². The topological polar surface area (TPSA) is 49.3 Å². The molecule has 0 radical (unpaired) electrons. The van der Waals surface area contributed by atoms with Crippen molar-refractivity contribution in [2.75, 3.05) is 31.6 Å². The summed E-state index contributed by atoms with van der Waals surface area (Å²) in [5, 5.41) is 0.962. The molecule has 1 saturated heterocycles. The van der Waals surface area contributed by atoms with Crippen molar-refractivity contribution in [3.05, 3.63) is 54.6 Å². The van der Waals surface area contributed by atoms with E-state index in [4.69, 9.17) is 9.97 Å². The third-order valence-corrected chi connectivity index (χ3v) is 4.81. The zero-order chi connectivity index (χ0) is 17.9. The Balaban J connectivity index is 1.71. The lowest BCUT2D eigenvalue weighted by Crippen LogP contribution is -2.37. The van der Waals surface area contributed by atoms with Crippen molar-refractivity contribution in [1.82, 2.24) is 14.9 Å². The number of nitrogens with zero attached hydrogens (tertiary/aromatic N) is 4. The molecule has 0 bridgehead atoms. The van der Waals surface area contributed by atoms with Gasteiger partial charge in [0.1, 0.15) is 5.82 Å². The van der Waals surface area contributed by atoms with Gasteiger partial charge in [-0.1, -0.05) is 42.5 Å². The van der Waals surface area contributed by atoms with Gasteiger partial charge in [0.25, 0.3) is 0 Å². The first-order valence-electron chi connectivity index (χ1n) is 9.03. The first-order chi connectivity index (χ1) is 12.7. The SMILES string of the molecule is CN(CC(=O)N1CCCC1)c1nc(-c2ccccc2)nc2ccccc12. The highest BCUT2D eigenvalue weighted by atomic mass is 16.2. The second-order valence-electron chi connectivity index (χ2n) is 6.70. The van der Waals surface area contributed by atoms with Crippen LogP contribution in [0, 0.1) is 0 Å². The molecule has 1 amide bonds. The Labute approximate surface area is 153 Å². The number of hydrogen-bond acceptors (Lipinski definition) is 4. The standard InChI is InChI=1S/C21H22N4O/c1-24(15-19(26)25-13-7-8-14-25)21-17-11-5-6-12-18(17)22-20(23-21)16-9-3-2-4-10-16/h2-6,9-12H,7-8,13-15H2,1H3. The molecule has 4 rings (SSSR count). The van der Waals surface area contributed by atoms with Crippen molar-refractivity contribution >= 4 is 22.6 Å². The van der Waals surface area contributed by atoms with Crippen LogP contribution in [0.1, 0.15) is 12.8 Å². The summed E-state index contributed by atoms with van der Waals surface area (Å²) in [5.41, 5.74) is 1.86. The predicted octanol–water partition coefficient (Wildman–Crippen LogP) is 3.36. The monoisotopic (exact) mass is 346 g/mol. The van der Waals surface area contributed by atoms with Crippen LogP contribution in [0.5, 0.6) is 0 Å². The molecule has 0 saturated carbocycles. The summed E-state index contributed by atoms with van der Waals surface area (Å²) >= 11 is 0. The summed E-state index contributed by atoms with van der Waals surface area (Å²) in [6.45, 7) is 2.06. The number of hydrogen-bond donors (Lipinski definition) is 0. The average molecular weight is 346 g/mol. The van der Waals surface area contributed by atoms with E-state index in [1.807, 2.05) is 71.4 Å². The highest BCUT2D eigenvalue weighted by Crippen LogP contribution is 2.27. The summed E-state index contributed by atoms with van der Waals surface area (Å²) in [7, 11) is 1.93. The molecule has 0 N–H and O–H groups in total. The molecule has 1 aliphatic rings. The lowest BCUT2D eigenvalue weighted by atomic mass is 10.1. The Hall–Kier alpha value is -2.95. The van der Waals surface area contributed by atoms with Gasteiger partial charge in [0.2, 0.25) is 5.91 Å². The number of carbonyl (C=O) groups is 1. The lowest BCUT2D eigenvalue weighted by molar-refractivity contribution is -0.128. The Kier molecular flexibility index (Phi) is 4.52. The molecule has 1 fully saturated rings. The number of amides is 1. The zero-order valence-corrected chi connectivity index (χ0v) is 14.9. The van der Waals surface area contributed by atoms with Crippen molar-refractivity contribution in [3.63, 3.8) is 0 Å². The van der Waals surface area contributed by atoms with Crippen molar-refractivity contribution in [3.8, 4) is 11.4 Å². The van der Waals surface area contributed by atoms with Gasteiger partial charge >= 0.3 is 0 Å². The fourth-order valence-corrected chi connectivity index (χ4v) is 3.41. The molecule has 5 nitrogen and oxygen atoms in total. The number of likely N-dealkylation sites (N-methyl/N-ethyl adjacent to an activating group) is 1. The summed E-state index contributed by atoms with van der Waals surface area (Å²) in [6, 6.07) is 17.9. The lowest BCUT2D eigenvalue weighted by Gasteiger charge is -2.23. The first kappa shape index (κ1) is 16.5. The molecule has 0 atom stereocenters. The molecule has 5 heteroatoms. The quantitative estimate of drug-likeness (QED) is 0.727. The average Bonchev–Trinajstić information content (AvgIpc) is 3.23. The van der Waals surface area contributed by atoms with Crippen LogP contribution in [0.2, 0.25) is 0 Å². The summed E-state index contributed by atoms with van der Waals surface area (Å²) < 4.78 is 0. The summed E-state index contributed by atoms with van der Waals surface area (Å²) in [6.07, 6.45) is 2.20. The number of benzene rings is 2. The van der Waals surface area contributed by atoms with Gasteiger partial charge in [-0.3, -0.25) is 4.79 Å². The minimum atomic E-state index is 0.161. The molecule has 1 aliphatic heterocycles. The van der Waals surface area contributed by atoms with Crippen molar-refractivity contribution in [1.29, 1.82) is 0 Å². The minimum Gasteiger partial charge on any atom is -0.350 e. The summed E-state index contributed by atoms with van der Waals surface area (Å²) in [4.78, 5) is 26.0. The van der Waals surface area contributed by atoms with E-state index < -0.39 is 0 Å². The van der Waals surface area contributed by atoms with Gasteiger partial charge in [0.05, 0.1) is 12.1 Å². The second kappa shape index (κ2) is 7.12. The normalized spacial score (nSPS) is 14.0. The Morgan fingerprint density at radius 1 is 1.00 bits per heavy atom. The number of rotatable bonds is 4. The van der Waals surface area contributed by atoms with Gasteiger partial charge in [-0.15, -0.1) is 0 Å². The maximum Gasteiger partial charge on any atom is 0.242 e. The van der Waals surface area contributed by atoms with E-state index in [1.54, 1.807) is 0 Å². The maximum absolute atomic E-state index is 12.6.